The van der Waals surface area contributed by atoms with Gasteiger partial charge < -0.3 is 24.2 Å². The van der Waals surface area contributed by atoms with Crippen molar-refractivity contribution in [3.05, 3.63) is 23.8 Å². The number of hydrogen-bond acceptors (Lipinski definition) is 7. The van der Waals surface area contributed by atoms with Gasteiger partial charge in [-0.05, 0) is 57.0 Å². The maximum Gasteiger partial charge on any atom is 0.312 e. The summed E-state index contributed by atoms with van der Waals surface area (Å²) in [5.74, 6) is 1.20. The van der Waals surface area contributed by atoms with Gasteiger partial charge >= 0.3 is 5.97 Å². The number of ether oxygens (including phenoxy) is 3. The van der Waals surface area contributed by atoms with Gasteiger partial charge in [0.25, 0.3) is 12.4 Å². The molecule has 0 aromatic heterocycles. The Morgan fingerprint density at radius 2 is 1.81 bits per heavy atom. The van der Waals surface area contributed by atoms with Gasteiger partial charge in [0.2, 0.25) is 6.79 Å². The van der Waals surface area contributed by atoms with Gasteiger partial charge in [-0.15, -0.1) is 0 Å². The van der Waals surface area contributed by atoms with Crippen LogP contribution in [0.5, 0.6) is 11.5 Å². The van der Waals surface area contributed by atoms with Crippen LogP contribution in [-0.2, 0) is 14.3 Å². The van der Waals surface area contributed by atoms with Crippen molar-refractivity contribution in [3.8, 4) is 11.5 Å². The van der Waals surface area contributed by atoms with E-state index in [0.29, 0.717) is 43.0 Å². The monoisotopic (exact) mass is 432 g/mol. The fraction of sp³-hybridized carbons (Fsp3) is 0.591. The summed E-state index contributed by atoms with van der Waals surface area (Å²) < 4.78 is 16.4. The van der Waals surface area contributed by atoms with E-state index in [1.807, 2.05) is 4.90 Å². The van der Waals surface area contributed by atoms with Crippen LogP contribution in [0.1, 0.15) is 42.5 Å². The number of piperidine rings is 1. The molecule has 0 radical (unpaired) electrons. The van der Waals surface area contributed by atoms with Gasteiger partial charge in [-0.1, -0.05) is 0 Å². The molecule has 1 aromatic rings. The number of amides is 1. The summed E-state index contributed by atoms with van der Waals surface area (Å²) in [6.45, 7) is 4.18. The molecule has 4 aliphatic heterocycles. The van der Waals surface area contributed by atoms with Crippen molar-refractivity contribution in [1.29, 1.82) is 0 Å². The van der Waals surface area contributed by atoms with Gasteiger partial charge in [0, 0.05) is 31.6 Å². The minimum atomic E-state index is -0.407. The number of nitrogens with zero attached hydrogens (tertiary/aromatic N) is 2. The van der Waals surface area contributed by atoms with Gasteiger partial charge in [-0.3, -0.25) is 19.3 Å². The fourth-order valence-corrected chi connectivity index (χ4v) is 4.95. The van der Waals surface area contributed by atoms with E-state index in [1.165, 1.54) is 12.8 Å². The van der Waals surface area contributed by atoms with Gasteiger partial charge in [-0.2, -0.15) is 0 Å². The van der Waals surface area contributed by atoms with Crippen molar-refractivity contribution in [2.24, 2.45) is 5.41 Å². The Labute approximate surface area is 180 Å². The standard InChI is InChI=1S/C21H26N2O5.CH2O2/c24-19(15-3-4-17-18(11-15)27-14-26-17)23-9-5-21(6-10-23)12-16(28-20(21)25)13-22-7-1-2-8-22;2-1-3/h3-4,11,16H,1-2,5-10,12-14H2;1H,(H,2,3). The number of fused-ring (bicyclic) bond motifs is 1. The summed E-state index contributed by atoms with van der Waals surface area (Å²) in [6.07, 6.45) is 4.62. The number of carbonyl (C=O) groups excluding carboxylic acids is 2. The topological polar surface area (TPSA) is 106 Å². The number of hydrogen-bond donors (Lipinski definition) is 1. The molecule has 0 bridgehead atoms. The Balaban J connectivity index is 0.000000730. The molecule has 1 spiro atoms. The SMILES string of the molecule is O=C(c1ccc2c(c1)OCO2)N1CCC2(CC1)CC(CN1CCCC1)OC2=O.O=CO. The summed E-state index contributed by atoms with van der Waals surface area (Å²) >= 11 is 0. The molecule has 1 N–H and O–H groups in total. The summed E-state index contributed by atoms with van der Waals surface area (Å²) in [7, 11) is 0. The summed E-state index contributed by atoms with van der Waals surface area (Å²) in [4.78, 5) is 38.1. The van der Waals surface area contributed by atoms with Crippen LogP contribution in [0.4, 0.5) is 0 Å². The van der Waals surface area contributed by atoms with E-state index in [2.05, 4.69) is 4.90 Å². The predicted octanol–water partition coefficient (Wildman–Crippen LogP) is 1.75. The molecule has 1 aromatic carbocycles. The lowest BCUT2D eigenvalue weighted by Gasteiger charge is -2.36. The van der Waals surface area contributed by atoms with E-state index in [4.69, 9.17) is 24.1 Å². The maximum atomic E-state index is 12.9. The third-order valence-corrected chi connectivity index (χ3v) is 6.61. The van der Waals surface area contributed by atoms with Crippen molar-refractivity contribution in [3.63, 3.8) is 0 Å². The highest BCUT2D eigenvalue weighted by Gasteiger charge is 2.51. The van der Waals surface area contributed by atoms with Gasteiger partial charge in [-0.25, -0.2) is 0 Å². The van der Waals surface area contributed by atoms with Crippen LogP contribution in [0, 0.1) is 5.41 Å². The van der Waals surface area contributed by atoms with Crippen molar-refractivity contribution in [2.45, 2.75) is 38.2 Å². The average molecular weight is 432 g/mol. The molecule has 0 saturated carbocycles. The van der Waals surface area contributed by atoms with Crippen LogP contribution in [-0.4, -0.2) is 78.9 Å². The average Bonchev–Trinajstić information content (AvgIpc) is 3.50. The van der Waals surface area contributed by atoms with Crippen LogP contribution >= 0.6 is 0 Å². The van der Waals surface area contributed by atoms with E-state index < -0.39 is 5.41 Å². The Hall–Kier alpha value is -2.81. The molecule has 31 heavy (non-hydrogen) atoms. The lowest BCUT2D eigenvalue weighted by molar-refractivity contribution is -0.151. The molecule has 1 unspecified atom stereocenters. The first-order valence-corrected chi connectivity index (χ1v) is 10.7. The summed E-state index contributed by atoms with van der Waals surface area (Å²) in [6, 6.07) is 5.29. The number of rotatable bonds is 3. The Morgan fingerprint density at radius 3 is 2.52 bits per heavy atom. The smallest absolute Gasteiger partial charge is 0.312 e. The molecule has 4 heterocycles. The van der Waals surface area contributed by atoms with E-state index in [1.54, 1.807) is 18.2 Å². The molecule has 1 atom stereocenters. The minimum absolute atomic E-state index is 0.00158. The third kappa shape index (κ3) is 4.46. The van der Waals surface area contributed by atoms with Gasteiger partial charge in [0.05, 0.1) is 5.41 Å². The van der Waals surface area contributed by atoms with Crippen molar-refractivity contribution in [2.75, 3.05) is 39.5 Å². The highest BCUT2D eigenvalue weighted by Crippen LogP contribution is 2.43. The number of cyclic esters (lactones) is 1. The molecular weight excluding hydrogens is 404 g/mol. The quantitative estimate of drug-likeness (QED) is 0.569. The normalized spacial score (nSPS) is 23.9. The number of likely N-dealkylation sites (tertiary alicyclic amines) is 2. The molecule has 0 aliphatic carbocycles. The van der Waals surface area contributed by atoms with Gasteiger partial charge in [0.1, 0.15) is 6.10 Å². The van der Waals surface area contributed by atoms with Crippen molar-refractivity contribution < 1.29 is 33.7 Å². The summed E-state index contributed by atoms with van der Waals surface area (Å²) in [5, 5.41) is 6.89. The van der Waals surface area contributed by atoms with Gasteiger partial charge in [0.15, 0.2) is 11.5 Å². The van der Waals surface area contributed by atoms with Crippen molar-refractivity contribution >= 4 is 18.3 Å². The first-order chi connectivity index (χ1) is 15.0. The molecule has 9 nitrogen and oxygen atoms in total. The molecule has 168 valence electrons. The second-order valence-electron chi connectivity index (χ2n) is 8.49. The van der Waals surface area contributed by atoms with Crippen LogP contribution in [0.15, 0.2) is 18.2 Å². The number of esters is 1. The zero-order valence-electron chi connectivity index (χ0n) is 17.5. The number of carboxylic acid groups (broad SMARTS) is 1. The zero-order chi connectivity index (χ0) is 21.8. The lowest BCUT2D eigenvalue weighted by Crippen LogP contribution is -2.45. The zero-order valence-corrected chi connectivity index (χ0v) is 17.5. The molecule has 4 aliphatic rings. The van der Waals surface area contributed by atoms with E-state index >= 15 is 0 Å². The maximum absolute atomic E-state index is 12.9. The van der Waals surface area contributed by atoms with E-state index in [0.717, 1.165) is 26.1 Å². The Morgan fingerprint density at radius 1 is 1.13 bits per heavy atom. The molecular formula is C22H28N2O7. The molecule has 5 rings (SSSR count). The highest BCUT2D eigenvalue weighted by molar-refractivity contribution is 5.95. The van der Waals surface area contributed by atoms with E-state index in [-0.39, 0.29) is 31.2 Å². The Kier molecular flexibility index (Phi) is 6.31. The first kappa shape index (κ1) is 21.4. The molecule has 3 saturated heterocycles. The lowest BCUT2D eigenvalue weighted by atomic mass is 9.76. The van der Waals surface area contributed by atoms with E-state index in [9.17, 15) is 9.59 Å². The van der Waals surface area contributed by atoms with Crippen LogP contribution in [0.25, 0.3) is 0 Å². The first-order valence-electron chi connectivity index (χ1n) is 10.7. The highest BCUT2D eigenvalue weighted by atomic mass is 16.7. The largest absolute Gasteiger partial charge is 0.483 e. The minimum Gasteiger partial charge on any atom is -0.483 e. The number of benzene rings is 1. The second kappa shape index (κ2) is 9.13. The molecule has 9 heteroatoms. The predicted molar refractivity (Wildman–Crippen MR) is 109 cm³/mol. The third-order valence-electron chi connectivity index (χ3n) is 6.61. The molecule has 3 fully saturated rings. The summed E-state index contributed by atoms with van der Waals surface area (Å²) in [5.41, 5.74) is 0.192. The Bertz CT molecular complexity index is 829. The fourth-order valence-electron chi connectivity index (χ4n) is 4.95. The van der Waals surface area contributed by atoms with Crippen LogP contribution in [0.2, 0.25) is 0 Å². The van der Waals surface area contributed by atoms with Crippen LogP contribution in [0.3, 0.4) is 0 Å². The second-order valence-corrected chi connectivity index (χ2v) is 8.49. The van der Waals surface area contributed by atoms with Crippen LogP contribution < -0.4 is 9.47 Å². The van der Waals surface area contributed by atoms with Crippen molar-refractivity contribution in [1.82, 2.24) is 9.80 Å². The molecule has 1 amide bonds. The number of carbonyl (C=O) groups is 3.